The van der Waals surface area contributed by atoms with Crippen molar-refractivity contribution < 1.29 is 19.7 Å². The van der Waals surface area contributed by atoms with Gasteiger partial charge >= 0.3 is 5.97 Å². The third-order valence-electron chi connectivity index (χ3n) is 9.97. The van der Waals surface area contributed by atoms with Gasteiger partial charge in [0.2, 0.25) is 0 Å². The molecule has 0 aliphatic rings. The van der Waals surface area contributed by atoms with Crippen LogP contribution in [0.1, 0.15) is 187 Å². The average Bonchev–Trinajstić information content (AvgIpc) is 3.10. The zero-order chi connectivity index (χ0) is 37.5. The Kier molecular flexibility index (Phi) is 38.2. The number of nitrogens with zero attached hydrogens (tertiary/aromatic N) is 1. The minimum Gasteiger partial charge on any atom is -0.462 e. The van der Waals surface area contributed by atoms with Gasteiger partial charge in [-0.15, -0.1) is 0 Å². The second-order valence-corrected chi connectivity index (χ2v) is 15.4. The van der Waals surface area contributed by atoms with Crippen LogP contribution < -0.4 is 0 Å². The maximum Gasteiger partial charge on any atom is 0.306 e. The zero-order valence-electron chi connectivity index (χ0n) is 34.2. The Morgan fingerprint density at radius 3 is 1.24 bits per heavy atom. The van der Waals surface area contributed by atoms with Crippen molar-refractivity contribution in [2.45, 2.75) is 193 Å². The Bertz CT molecular complexity index is 798. The van der Waals surface area contributed by atoms with E-state index in [-0.39, 0.29) is 12.1 Å². The molecule has 0 aliphatic carbocycles. The van der Waals surface area contributed by atoms with Gasteiger partial charge in [-0.25, -0.2) is 0 Å². The number of ether oxygens (including phenoxy) is 1. The van der Waals surface area contributed by atoms with Crippen LogP contribution in [0.2, 0.25) is 0 Å². The lowest BCUT2D eigenvalue weighted by molar-refractivity contribution is -0.151. The number of hydrogen-bond acceptors (Lipinski definition) is 5. The van der Waals surface area contributed by atoms with Crippen LogP contribution in [0.4, 0.5) is 0 Å². The molecular formula is C46H85NO4. The summed E-state index contributed by atoms with van der Waals surface area (Å²) >= 11 is 0. The molecule has 2 N–H and O–H groups in total. The van der Waals surface area contributed by atoms with Gasteiger partial charge in [0.25, 0.3) is 0 Å². The van der Waals surface area contributed by atoms with Crippen molar-refractivity contribution in [1.82, 2.24) is 4.90 Å². The first-order valence-electron chi connectivity index (χ1n) is 21.6. The van der Waals surface area contributed by atoms with E-state index in [1.54, 1.807) is 0 Å². The van der Waals surface area contributed by atoms with E-state index in [2.05, 4.69) is 81.5 Å². The smallest absolute Gasteiger partial charge is 0.306 e. The first kappa shape index (κ1) is 49.3. The third kappa shape index (κ3) is 37.9. The fourth-order valence-corrected chi connectivity index (χ4v) is 6.51. The predicted molar refractivity (Wildman–Crippen MR) is 222 cm³/mol. The predicted octanol–water partition coefficient (Wildman–Crippen LogP) is 12.5. The summed E-state index contributed by atoms with van der Waals surface area (Å²) in [5.41, 5.74) is 0. The molecule has 0 aromatic heterocycles. The summed E-state index contributed by atoms with van der Waals surface area (Å²) in [6, 6.07) is 0. The minimum absolute atomic E-state index is 0.00120. The van der Waals surface area contributed by atoms with E-state index in [1.807, 2.05) is 0 Å². The maximum absolute atomic E-state index is 12.9. The van der Waals surface area contributed by atoms with Crippen molar-refractivity contribution in [2.75, 3.05) is 33.9 Å². The lowest BCUT2D eigenvalue weighted by Gasteiger charge is -2.24. The molecule has 298 valence electrons. The number of carbonyl (C=O) groups is 1. The molecular weight excluding hydrogens is 631 g/mol. The molecule has 0 aromatic rings. The molecule has 0 heterocycles. The summed E-state index contributed by atoms with van der Waals surface area (Å²) in [4.78, 5) is 15.2. The van der Waals surface area contributed by atoms with Crippen molar-refractivity contribution in [3.05, 3.63) is 48.6 Å². The van der Waals surface area contributed by atoms with Gasteiger partial charge in [0, 0.05) is 26.2 Å². The van der Waals surface area contributed by atoms with Gasteiger partial charge in [0.1, 0.15) is 6.10 Å². The van der Waals surface area contributed by atoms with Gasteiger partial charge in [0.15, 0.2) is 0 Å². The summed E-state index contributed by atoms with van der Waals surface area (Å²) in [5, 5.41) is 17.7. The molecule has 2 unspecified atom stereocenters. The van der Waals surface area contributed by atoms with Gasteiger partial charge in [-0.05, 0) is 129 Å². The van der Waals surface area contributed by atoms with Gasteiger partial charge < -0.3 is 19.8 Å². The Balaban J connectivity index is 4.23. The SMILES string of the molecule is CC(CC(=O)OC(CCCCCCCC/C=C\C/C=C\CCCCCO)CCCCCCCC/C=C\C/C=C\CCCCCO)C(C)CN(C)C. The topological polar surface area (TPSA) is 70.0 Å². The highest BCUT2D eigenvalue weighted by molar-refractivity contribution is 5.69. The van der Waals surface area contributed by atoms with Gasteiger partial charge in [-0.3, -0.25) is 4.79 Å². The van der Waals surface area contributed by atoms with E-state index in [1.165, 1.54) is 89.9 Å². The number of carbonyl (C=O) groups excluding carboxylic acids is 1. The average molecular weight is 716 g/mol. The highest BCUT2D eigenvalue weighted by Crippen LogP contribution is 2.21. The quantitative estimate of drug-likeness (QED) is 0.0378. The van der Waals surface area contributed by atoms with Crippen molar-refractivity contribution in [3.8, 4) is 0 Å². The second kappa shape index (κ2) is 39.5. The Morgan fingerprint density at radius 1 is 0.510 bits per heavy atom. The summed E-state index contributed by atoms with van der Waals surface area (Å²) in [6.45, 7) is 6.07. The number of esters is 1. The molecule has 2 atom stereocenters. The molecule has 0 saturated carbocycles. The van der Waals surface area contributed by atoms with Crippen LogP contribution in [-0.2, 0) is 9.53 Å². The van der Waals surface area contributed by atoms with E-state index < -0.39 is 0 Å². The fourth-order valence-electron chi connectivity index (χ4n) is 6.51. The molecule has 0 rings (SSSR count). The van der Waals surface area contributed by atoms with Crippen molar-refractivity contribution in [1.29, 1.82) is 0 Å². The van der Waals surface area contributed by atoms with Gasteiger partial charge in [-0.1, -0.05) is 127 Å². The number of allylic oxidation sites excluding steroid dienone is 8. The van der Waals surface area contributed by atoms with Crippen LogP contribution in [0.25, 0.3) is 0 Å². The largest absolute Gasteiger partial charge is 0.462 e. The Hall–Kier alpha value is -1.69. The summed E-state index contributed by atoms with van der Waals surface area (Å²) in [5.74, 6) is 0.808. The first-order valence-corrected chi connectivity index (χ1v) is 21.6. The van der Waals surface area contributed by atoms with Crippen LogP contribution in [0.15, 0.2) is 48.6 Å². The second-order valence-electron chi connectivity index (χ2n) is 15.4. The van der Waals surface area contributed by atoms with Crippen LogP contribution >= 0.6 is 0 Å². The summed E-state index contributed by atoms with van der Waals surface area (Å²) in [6.07, 6.45) is 49.1. The van der Waals surface area contributed by atoms with Crippen molar-refractivity contribution >= 4 is 5.97 Å². The lowest BCUT2D eigenvalue weighted by Crippen LogP contribution is -2.27. The van der Waals surface area contributed by atoms with Crippen LogP contribution in [0.5, 0.6) is 0 Å². The number of aliphatic hydroxyl groups excluding tert-OH is 2. The van der Waals surface area contributed by atoms with Crippen LogP contribution in [-0.4, -0.2) is 61.0 Å². The number of unbranched alkanes of at least 4 members (excludes halogenated alkanes) is 18. The molecule has 51 heavy (non-hydrogen) atoms. The normalized spacial score (nSPS) is 13.6. The van der Waals surface area contributed by atoms with E-state index in [0.29, 0.717) is 31.5 Å². The van der Waals surface area contributed by atoms with Crippen molar-refractivity contribution in [3.63, 3.8) is 0 Å². The summed E-state index contributed by atoms with van der Waals surface area (Å²) in [7, 11) is 4.20. The third-order valence-corrected chi connectivity index (χ3v) is 9.97. The number of rotatable bonds is 38. The highest BCUT2D eigenvalue weighted by atomic mass is 16.5. The number of hydrogen-bond donors (Lipinski definition) is 2. The molecule has 5 nitrogen and oxygen atoms in total. The van der Waals surface area contributed by atoms with E-state index in [9.17, 15) is 4.79 Å². The lowest BCUT2D eigenvalue weighted by atomic mass is 9.92. The van der Waals surface area contributed by atoms with E-state index in [0.717, 1.165) is 83.6 Å². The highest BCUT2D eigenvalue weighted by Gasteiger charge is 2.20. The minimum atomic E-state index is 0.00120. The molecule has 0 bridgehead atoms. The fraction of sp³-hybridized carbons (Fsp3) is 0.804. The number of aliphatic hydroxyl groups is 2. The van der Waals surface area contributed by atoms with Crippen LogP contribution in [0.3, 0.4) is 0 Å². The van der Waals surface area contributed by atoms with E-state index in [4.69, 9.17) is 14.9 Å². The first-order chi connectivity index (χ1) is 24.9. The molecule has 0 radical (unpaired) electrons. The molecule has 0 fully saturated rings. The monoisotopic (exact) mass is 716 g/mol. The molecule has 0 aromatic carbocycles. The molecule has 0 spiro atoms. The van der Waals surface area contributed by atoms with Crippen LogP contribution in [0, 0.1) is 11.8 Å². The molecule has 0 amide bonds. The zero-order valence-corrected chi connectivity index (χ0v) is 34.2. The summed E-state index contributed by atoms with van der Waals surface area (Å²) < 4.78 is 6.14. The Labute approximate surface area is 317 Å². The van der Waals surface area contributed by atoms with Gasteiger partial charge in [0.05, 0.1) is 0 Å². The maximum atomic E-state index is 12.9. The van der Waals surface area contributed by atoms with E-state index >= 15 is 0 Å². The molecule has 5 heteroatoms. The molecule has 0 aliphatic heterocycles. The van der Waals surface area contributed by atoms with Crippen molar-refractivity contribution in [2.24, 2.45) is 11.8 Å². The molecule has 0 saturated heterocycles. The Morgan fingerprint density at radius 2 is 0.863 bits per heavy atom. The standard InChI is InChI=1S/C46H85NO4/c1-43(44(2)42-47(3)4)41-46(50)51-45(37-33-29-25-21-17-13-9-5-7-11-15-19-23-27-31-35-39-48)38-34-30-26-22-18-14-10-6-8-12-16-20-24-28-32-36-40-49/h5-8,15-16,19-20,43-45,48-49H,9-14,17-18,21-42H2,1-4H3/b7-5-,8-6-,19-15-,20-16-. The van der Waals surface area contributed by atoms with Gasteiger partial charge in [-0.2, -0.15) is 0 Å².